The average Bonchev–Trinajstić information content (AvgIpc) is 3.80. The minimum absolute atomic E-state index is 0.0622. The van der Waals surface area contributed by atoms with Gasteiger partial charge in [-0.15, -0.1) is 11.8 Å². The standard InChI is InChI=1S/C29H34FN5O3S/c1-4-17-10-31-28(34-24-8-7-22(39-3)9-23(24)30)27(36-2)26(17)38-25-20-13-35(14-21(25)16-37-15-20)29-32-11-19(12-33-29)18-5-6-18/h7-12,18,20-21,25H,4-6,13-16H2,1-3H3,(H,31,34). The van der Waals surface area contributed by atoms with E-state index in [1.807, 2.05) is 24.7 Å². The van der Waals surface area contributed by atoms with Gasteiger partial charge in [0.05, 0.1) is 26.0 Å². The number of anilines is 3. The Labute approximate surface area is 232 Å². The van der Waals surface area contributed by atoms with Crippen LogP contribution in [0.2, 0.25) is 0 Å². The van der Waals surface area contributed by atoms with Crippen molar-refractivity contribution < 1.29 is 18.6 Å². The van der Waals surface area contributed by atoms with E-state index in [4.69, 9.17) is 14.2 Å². The first-order valence-corrected chi connectivity index (χ1v) is 14.8. The number of piperidine rings is 1. The van der Waals surface area contributed by atoms with Gasteiger partial charge in [0.25, 0.3) is 0 Å². The van der Waals surface area contributed by atoms with Crippen LogP contribution < -0.4 is 19.7 Å². The summed E-state index contributed by atoms with van der Waals surface area (Å²) in [6, 6.07) is 5.10. The van der Waals surface area contributed by atoms with Crippen molar-refractivity contribution in [1.29, 1.82) is 0 Å². The molecule has 3 fully saturated rings. The van der Waals surface area contributed by atoms with Crippen molar-refractivity contribution in [3.8, 4) is 11.5 Å². The highest BCUT2D eigenvalue weighted by Crippen LogP contribution is 2.43. The van der Waals surface area contributed by atoms with Gasteiger partial charge >= 0.3 is 0 Å². The van der Waals surface area contributed by atoms with E-state index in [9.17, 15) is 4.39 Å². The molecule has 1 aliphatic carbocycles. The molecular formula is C29H34FN5O3S. The lowest BCUT2D eigenvalue weighted by Gasteiger charge is -2.46. The molecule has 2 bridgehead atoms. The molecule has 3 aliphatic rings. The topological polar surface area (TPSA) is 81.6 Å². The summed E-state index contributed by atoms with van der Waals surface area (Å²) < 4.78 is 33.4. The number of fused-ring (bicyclic) bond motifs is 2. The predicted molar refractivity (Wildman–Crippen MR) is 150 cm³/mol. The molecule has 2 unspecified atom stereocenters. The fraction of sp³-hybridized carbons (Fsp3) is 0.483. The first-order valence-electron chi connectivity index (χ1n) is 13.6. The highest BCUT2D eigenvalue weighted by atomic mass is 32.2. The van der Waals surface area contributed by atoms with Gasteiger partial charge in [-0.05, 0) is 55.2 Å². The normalized spacial score (nSPS) is 22.5. The molecule has 1 N–H and O–H groups in total. The number of aromatic nitrogens is 3. The largest absolute Gasteiger partial charge is 0.490 e. The third-order valence-electron chi connectivity index (χ3n) is 7.82. The maximum atomic E-state index is 14.8. The molecule has 0 radical (unpaired) electrons. The van der Waals surface area contributed by atoms with Crippen molar-refractivity contribution in [2.75, 3.05) is 49.9 Å². The van der Waals surface area contributed by atoms with E-state index < -0.39 is 0 Å². The van der Waals surface area contributed by atoms with Crippen molar-refractivity contribution >= 4 is 29.2 Å². The lowest BCUT2D eigenvalue weighted by molar-refractivity contribution is -0.0764. The molecular weight excluding hydrogens is 517 g/mol. The minimum atomic E-state index is -0.348. The van der Waals surface area contributed by atoms with Crippen molar-refractivity contribution in [2.24, 2.45) is 11.8 Å². The summed E-state index contributed by atoms with van der Waals surface area (Å²) in [5.74, 6) is 2.88. The molecule has 4 heterocycles. The van der Waals surface area contributed by atoms with Crippen LogP contribution in [-0.4, -0.2) is 60.7 Å². The molecule has 6 rings (SSSR count). The van der Waals surface area contributed by atoms with Gasteiger partial charge in [-0.25, -0.2) is 19.3 Å². The van der Waals surface area contributed by atoms with Gasteiger partial charge < -0.3 is 24.4 Å². The molecule has 3 aromatic rings. The lowest BCUT2D eigenvalue weighted by atomic mass is 9.84. The van der Waals surface area contributed by atoms with E-state index in [1.165, 1.54) is 36.2 Å². The van der Waals surface area contributed by atoms with Gasteiger partial charge in [0, 0.05) is 54.0 Å². The molecule has 2 aromatic heterocycles. The molecule has 1 saturated carbocycles. The van der Waals surface area contributed by atoms with Crippen LogP contribution in [-0.2, 0) is 11.2 Å². The number of ether oxygens (including phenoxy) is 3. The Morgan fingerprint density at radius 2 is 1.82 bits per heavy atom. The zero-order chi connectivity index (χ0) is 26.9. The Bertz CT molecular complexity index is 1310. The Kier molecular flexibility index (Phi) is 7.49. The first-order chi connectivity index (χ1) is 19.1. The van der Waals surface area contributed by atoms with Crippen LogP contribution in [0, 0.1) is 17.7 Å². The number of methoxy groups -OCH3 is 1. The molecule has 8 nitrogen and oxygen atoms in total. The smallest absolute Gasteiger partial charge is 0.225 e. The zero-order valence-electron chi connectivity index (χ0n) is 22.5. The van der Waals surface area contributed by atoms with Crippen LogP contribution in [0.5, 0.6) is 11.5 Å². The van der Waals surface area contributed by atoms with E-state index >= 15 is 0 Å². The number of nitrogens with zero attached hydrogens (tertiary/aromatic N) is 4. The molecule has 39 heavy (non-hydrogen) atoms. The van der Waals surface area contributed by atoms with E-state index in [1.54, 1.807) is 19.4 Å². The summed E-state index contributed by atoms with van der Waals surface area (Å²) >= 11 is 1.49. The number of hydrogen-bond donors (Lipinski definition) is 1. The predicted octanol–water partition coefficient (Wildman–Crippen LogP) is 5.45. The summed E-state index contributed by atoms with van der Waals surface area (Å²) in [6.45, 7) is 4.76. The van der Waals surface area contributed by atoms with E-state index in [0.717, 1.165) is 35.9 Å². The summed E-state index contributed by atoms with van der Waals surface area (Å²) in [7, 11) is 1.59. The molecule has 0 amide bonds. The molecule has 0 spiro atoms. The highest BCUT2D eigenvalue weighted by Gasteiger charge is 2.43. The van der Waals surface area contributed by atoms with E-state index in [0.29, 0.717) is 42.1 Å². The maximum Gasteiger partial charge on any atom is 0.225 e. The fourth-order valence-corrected chi connectivity index (χ4v) is 5.96. The monoisotopic (exact) mass is 551 g/mol. The van der Waals surface area contributed by atoms with Gasteiger partial charge in [0.1, 0.15) is 11.9 Å². The first kappa shape index (κ1) is 26.1. The van der Waals surface area contributed by atoms with Gasteiger partial charge in [-0.2, -0.15) is 0 Å². The minimum Gasteiger partial charge on any atom is -0.490 e. The third kappa shape index (κ3) is 5.36. The molecule has 2 aliphatic heterocycles. The number of hydrogen-bond acceptors (Lipinski definition) is 9. The van der Waals surface area contributed by atoms with Crippen molar-refractivity contribution in [3.63, 3.8) is 0 Å². The number of thioether (sulfide) groups is 1. The van der Waals surface area contributed by atoms with Crippen LogP contribution >= 0.6 is 11.8 Å². The van der Waals surface area contributed by atoms with Crippen LogP contribution in [0.25, 0.3) is 0 Å². The molecule has 206 valence electrons. The number of rotatable bonds is 9. The number of halogens is 1. The molecule has 2 saturated heterocycles. The zero-order valence-corrected chi connectivity index (χ0v) is 23.3. The fourth-order valence-electron chi connectivity index (χ4n) is 5.54. The number of pyridine rings is 1. The number of aryl methyl sites for hydroxylation is 1. The van der Waals surface area contributed by atoms with Gasteiger partial charge in [0.2, 0.25) is 11.7 Å². The average molecular weight is 552 g/mol. The highest BCUT2D eigenvalue weighted by molar-refractivity contribution is 7.98. The van der Waals surface area contributed by atoms with Gasteiger partial charge in [0.15, 0.2) is 11.6 Å². The SMILES string of the molecule is CCc1cnc(Nc2ccc(SC)cc2F)c(OC)c1OC1C2COCC1CN(c1ncc(C3CC3)cn1)C2. The Morgan fingerprint density at radius 1 is 1.08 bits per heavy atom. The maximum absolute atomic E-state index is 14.8. The molecule has 2 atom stereocenters. The van der Waals surface area contributed by atoms with E-state index in [2.05, 4.69) is 32.1 Å². The van der Waals surface area contributed by atoms with Crippen molar-refractivity contribution in [3.05, 3.63) is 53.7 Å². The van der Waals surface area contributed by atoms with E-state index in [-0.39, 0.29) is 23.8 Å². The van der Waals surface area contributed by atoms with Crippen LogP contribution in [0.15, 0.2) is 41.7 Å². The van der Waals surface area contributed by atoms with Crippen molar-refractivity contribution in [1.82, 2.24) is 15.0 Å². The number of benzene rings is 1. The number of nitrogens with one attached hydrogen (secondary N) is 1. The summed E-state index contributed by atoms with van der Waals surface area (Å²) in [4.78, 5) is 17.1. The van der Waals surface area contributed by atoms with Gasteiger partial charge in [-0.3, -0.25) is 0 Å². The summed E-state index contributed by atoms with van der Waals surface area (Å²) in [5, 5.41) is 3.12. The Balaban J connectivity index is 1.24. The lowest BCUT2D eigenvalue weighted by Crippen LogP contribution is -2.58. The van der Waals surface area contributed by atoms with Gasteiger partial charge in [-0.1, -0.05) is 6.92 Å². The second-order valence-corrected chi connectivity index (χ2v) is 11.3. The Morgan fingerprint density at radius 3 is 2.44 bits per heavy atom. The second kappa shape index (κ2) is 11.2. The van der Waals surface area contributed by atoms with Crippen LogP contribution in [0.3, 0.4) is 0 Å². The second-order valence-electron chi connectivity index (χ2n) is 10.5. The molecule has 1 aromatic carbocycles. The Hall–Kier alpha value is -3.11. The van der Waals surface area contributed by atoms with Crippen molar-refractivity contribution in [2.45, 2.75) is 43.1 Å². The van der Waals surface area contributed by atoms with Crippen LogP contribution in [0.1, 0.15) is 36.8 Å². The quantitative estimate of drug-likeness (QED) is 0.349. The molecule has 10 heteroatoms. The third-order valence-corrected chi connectivity index (χ3v) is 8.55. The summed E-state index contributed by atoms with van der Waals surface area (Å²) in [6.07, 6.45) is 10.8. The summed E-state index contributed by atoms with van der Waals surface area (Å²) in [5.41, 5.74) is 2.51. The van der Waals surface area contributed by atoms with Crippen LogP contribution in [0.4, 0.5) is 21.8 Å².